The van der Waals surface area contributed by atoms with Crippen molar-refractivity contribution in [3.8, 4) is 34.1 Å². The Morgan fingerprint density at radius 1 is 0.969 bits per heavy atom. The van der Waals surface area contributed by atoms with Crippen molar-refractivity contribution >= 4 is 11.8 Å². The van der Waals surface area contributed by atoms with Gasteiger partial charge in [0, 0.05) is 11.1 Å². The van der Waals surface area contributed by atoms with Gasteiger partial charge < -0.3 is 4.74 Å². The molecule has 0 radical (unpaired) electrons. The van der Waals surface area contributed by atoms with Crippen LogP contribution in [0.2, 0.25) is 0 Å². The summed E-state index contributed by atoms with van der Waals surface area (Å²) in [4.78, 5) is 0.295. The highest BCUT2D eigenvalue weighted by Gasteiger charge is 2.30. The van der Waals surface area contributed by atoms with E-state index in [1.54, 1.807) is 25.1 Å². The maximum atomic E-state index is 14.2. The molecular weight excluding hydrogens is 438 g/mol. The Hall–Kier alpha value is -3.42. The monoisotopic (exact) mass is 455 g/mol. The lowest BCUT2D eigenvalue weighted by Crippen LogP contribution is -2.16. The highest BCUT2D eigenvalue weighted by Crippen LogP contribution is 2.28. The molecule has 0 bridgehead atoms. The fourth-order valence-corrected chi connectivity index (χ4v) is 3.62. The molecule has 0 aliphatic heterocycles. The number of thiocyanates is 1. The first-order chi connectivity index (χ1) is 15.2. The van der Waals surface area contributed by atoms with Crippen LogP contribution in [0.4, 0.5) is 17.6 Å². The van der Waals surface area contributed by atoms with E-state index in [1.807, 2.05) is 30.5 Å². The SMILES string of the molecule is CCc1cc(-c2ccc(OC(F)(F)F)cc2)ccc1C#Cc1cc(C)c(SC#N)c(F)c1. The molecule has 3 aromatic carbocycles. The number of aryl methyl sites for hydroxylation is 2. The quantitative estimate of drug-likeness (QED) is 0.180. The van der Waals surface area contributed by atoms with Gasteiger partial charge in [0.05, 0.1) is 4.90 Å². The lowest BCUT2D eigenvalue weighted by Gasteiger charge is -2.10. The van der Waals surface area contributed by atoms with Crippen LogP contribution in [0.3, 0.4) is 0 Å². The predicted octanol–water partition coefficient (Wildman–Crippen LogP) is 7.24. The van der Waals surface area contributed by atoms with Gasteiger partial charge in [-0.2, -0.15) is 5.26 Å². The van der Waals surface area contributed by atoms with Gasteiger partial charge in [-0.05, 0) is 83.8 Å². The number of hydrogen-bond donors (Lipinski definition) is 0. The van der Waals surface area contributed by atoms with Crippen molar-refractivity contribution in [2.45, 2.75) is 31.5 Å². The number of benzene rings is 3. The van der Waals surface area contributed by atoms with E-state index in [1.165, 1.54) is 18.2 Å². The minimum Gasteiger partial charge on any atom is -0.406 e. The standard InChI is InChI=1S/C25H17F4NOS/c1-3-18-14-21(20-8-10-22(11-9-20)31-25(27,28)29)7-6-19(18)5-4-17-12-16(2)24(32-15-30)23(26)13-17/h6-14H,3H2,1-2H3. The number of nitrogens with zero attached hydrogens (tertiary/aromatic N) is 1. The van der Waals surface area contributed by atoms with Gasteiger partial charge in [0.25, 0.3) is 0 Å². The van der Waals surface area contributed by atoms with Gasteiger partial charge in [-0.15, -0.1) is 13.2 Å². The van der Waals surface area contributed by atoms with Gasteiger partial charge in [-0.1, -0.05) is 37.0 Å². The zero-order chi connectivity index (χ0) is 23.3. The lowest BCUT2D eigenvalue weighted by atomic mass is 9.97. The molecule has 0 aliphatic carbocycles. The Balaban J connectivity index is 1.87. The minimum atomic E-state index is -4.73. The molecule has 0 aromatic heterocycles. The average molecular weight is 455 g/mol. The molecule has 0 fully saturated rings. The molecule has 162 valence electrons. The Kier molecular flexibility index (Phi) is 7.12. The van der Waals surface area contributed by atoms with Gasteiger partial charge in [0.1, 0.15) is 17.0 Å². The molecule has 32 heavy (non-hydrogen) atoms. The topological polar surface area (TPSA) is 33.0 Å². The molecule has 7 heteroatoms. The van der Waals surface area contributed by atoms with Crippen LogP contribution in [-0.4, -0.2) is 6.36 Å². The smallest absolute Gasteiger partial charge is 0.406 e. The molecule has 0 saturated carbocycles. The summed E-state index contributed by atoms with van der Waals surface area (Å²) >= 11 is 0.780. The highest BCUT2D eigenvalue weighted by molar-refractivity contribution is 8.03. The van der Waals surface area contributed by atoms with Crippen LogP contribution in [0.15, 0.2) is 59.5 Å². The zero-order valence-corrected chi connectivity index (χ0v) is 18.0. The summed E-state index contributed by atoms with van der Waals surface area (Å²) in [6.45, 7) is 3.70. The van der Waals surface area contributed by atoms with Crippen molar-refractivity contribution in [2.75, 3.05) is 0 Å². The molecule has 0 spiro atoms. The normalized spacial score (nSPS) is 10.8. The van der Waals surface area contributed by atoms with Crippen LogP contribution in [0, 0.1) is 35.2 Å². The average Bonchev–Trinajstić information content (AvgIpc) is 2.74. The molecule has 0 unspecified atom stereocenters. The van der Waals surface area contributed by atoms with E-state index in [-0.39, 0.29) is 5.75 Å². The van der Waals surface area contributed by atoms with Gasteiger partial charge >= 0.3 is 6.36 Å². The van der Waals surface area contributed by atoms with E-state index in [4.69, 9.17) is 5.26 Å². The van der Waals surface area contributed by atoms with Crippen molar-refractivity contribution in [2.24, 2.45) is 0 Å². The summed E-state index contributed by atoms with van der Waals surface area (Å²) in [6.07, 6.45) is -4.04. The van der Waals surface area contributed by atoms with Crippen molar-refractivity contribution < 1.29 is 22.3 Å². The first-order valence-electron chi connectivity index (χ1n) is 9.57. The van der Waals surface area contributed by atoms with Gasteiger partial charge in [0.2, 0.25) is 0 Å². The second-order valence-corrected chi connectivity index (χ2v) is 7.64. The van der Waals surface area contributed by atoms with Crippen LogP contribution in [0.5, 0.6) is 5.75 Å². The van der Waals surface area contributed by atoms with Crippen molar-refractivity contribution in [1.82, 2.24) is 0 Å². The van der Waals surface area contributed by atoms with Gasteiger partial charge in [0.15, 0.2) is 0 Å². The van der Waals surface area contributed by atoms with Crippen LogP contribution >= 0.6 is 11.8 Å². The molecule has 0 saturated heterocycles. The molecule has 0 atom stereocenters. The third-order valence-corrected chi connectivity index (χ3v) is 5.44. The van der Waals surface area contributed by atoms with Crippen molar-refractivity contribution in [3.63, 3.8) is 0 Å². The summed E-state index contributed by atoms with van der Waals surface area (Å²) in [6, 6.07) is 14.3. The third-order valence-electron chi connectivity index (χ3n) is 4.63. The lowest BCUT2D eigenvalue weighted by molar-refractivity contribution is -0.274. The fraction of sp³-hybridized carbons (Fsp3) is 0.160. The molecule has 2 nitrogen and oxygen atoms in total. The number of halogens is 4. The number of thioether (sulfide) groups is 1. The minimum absolute atomic E-state index is 0.277. The maximum absolute atomic E-state index is 14.2. The second kappa shape index (κ2) is 9.80. The molecule has 0 heterocycles. The molecule has 3 rings (SSSR count). The van der Waals surface area contributed by atoms with E-state index in [0.717, 1.165) is 34.0 Å². The Morgan fingerprint density at radius 2 is 1.66 bits per heavy atom. The van der Waals surface area contributed by atoms with Crippen LogP contribution in [0.1, 0.15) is 29.2 Å². The second-order valence-electron chi connectivity index (χ2n) is 6.85. The number of alkyl halides is 3. The molecular formula is C25H17F4NOS. The summed E-state index contributed by atoms with van der Waals surface area (Å²) < 4.78 is 55.1. The highest BCUT2D eigenvalue weighted by atomic mass is 32.2. The van der Waals surface area contributed by atoms with Gasteiger partial charge in [-0.25, -0.2) is 4.39 Å². The fourth-order valence-electron chi connectivity index (χ4n) is 3.15. The maximum Gasteiger partial charge on any atom is 0.573 e. The van der Waals surface area contributed by atoms with Crippen molar-refractivity contribution in [1.29, 1.82) is 5.26 Å². The number of rotatable bonds is 4. The van der Waals surface area contributed by atoms with E-state index in [9.17, 15) is 17.6 Å². The first-order valence-corrected chi connectivity index (χ1v) is 10.4. The Morgan fingerprint density at radius 3 is 2.25 bits per heavy atom. The summed E-state index contributed by atoms with van der Waals surface area (Å²) in [7, 11) is 0. The largest absolute Gasteiger partial charge is 0.573 e. The first kappa shape index (κ1) is 23.2. The van der Waals surface area contributed by atoms with E-state index in [0.29, 0.717) is 22.4 Å². The summed E-state index contributed by atoms with van der Waals surface area (Å²) in [5, 5.41) is 10.7. The zero-order valence-electron chi connectivity index (χ0n) is 17.2. The number of hydrogen-bond acceptors (Lipinski definition) is 3. The Labute approximate surface area is 187 Å². The number of ether oxygens (including phenoxy) is 1. The molecule has 0 amide bonds. The van der Waals surface area contributed by atoms with E-state index >= 15 is 0 Å². The molecule has 0 aliphatic rings. The van der Waals surface area contributed by atoms with Crippen LogP contribution in [0.25, 0.3) is 11.1 Å². The van der Waals surface area contributed by atoms with Crippen molar-refractivity contribution in [3.05, 3.63) is 82.7 Å². The van der Waals surface area contributed by atoms with Gasteiger partial charge in [-0.3, -0.25) is 0 Å². The molecule has 3 aromatic rings. The summed E-state index contributed by atoms with van der Waals surface area (Å²) in [5.41, 5.74) is 4.47. The Bertz CT molecular complexity index is 1210. The number of nitriles is 1. The van der Waals surface area contributed by atoms with E-state index < -0.39 is 12.2 Å². The van der Waals surface area contributed by atoms with Crippen LogP contribution in [-0.2, 0) is 6.42 Å². The van der Waals surface area contributed by atoms with Crippen LogP contribution < -0.4 is 4.74 Å². The summed E-state index contributed by atoms with van der Waals surface area (Å²) in [5.74, 6) is 5.28. The third kappa shape index (κ3) is 5.84. The predicted molar refractivity (Wildman–Crippen MR) is 117 cm³/mol. The molecule has 0 N–H and O–H groups in total. The van der Waals surface area contributed by atoms with E-state index in [2.05, 4.69) is 16.6 Å².